The second-order valence-corrected chi connectivity index (χ2v) is 9.19. The number of rotatable bonds is 4. The summed E-state index contributed by atoms with van der Waals surface area (Å²) in [5.41, 5.74) is 5.21. The van der Waals surface area contributed by atoms with Crippen LogP contribution in [-0.2, 0) is 4.79 Å². The number of fused-ring (bicyclic) bond motifs is 2. The Labute approximate surface area is 204 Å². The molecule has 0 N–H and O–H groups in total. The molecule has 0 radical (unpaired) electrons. The number of hydrogen-bond donors (Lipinski definition) is 0. The van der Waals surface area contributed by atoms with Gasteiger partial charge in [0.25, 0.3) is 0 Å². The van der Waals surface area contributed by atoms with Crippen LogP contribution in [0.2, 0.25) is 5.02 Å². The molecule has 2 aromatic heterocycles. The number of aromatic nitrogens is 3. The van der Waals surface area contributed by atoms with E-state index in [4.69, 9.17) is 16.3 Å². The van der Waals surface area contributed by atoms with Crippen LogP contribution in [0, 0.1) is 12.7 Å². The van der Waals surface area contributed by atoms with Crippen molar-refractivity contribution in [1.29, 1.82) is 0 Å². The molecule has 1 fully saturated rings. The van der Waals surface area contributed by atoms with Gasteiger partial charge >= 0.3 is 6.01 Å². The Morgan fingerprint density at radius 1 is 1.24 bits per heavy atom. The molecule has 3 heterocycles. The lowest BCUT2D eigenvalue weighted by molar-refractivity contribution is -0.126. The summed E-state index contributed by atoms with van der Waals surface area (Å²) in [5.74, 6) is 0.305. The minimum absolute atomic E-state index is 0.0824. The van der Waals surface area contributed by atoms with Gasteiger partial charge in [-0.1, -0.05) is 18.2 Å². The second-order valence-electron chi connectivity index (χ2n) is 7.93. The summed E-state index contributed by atoms with van der Waals surface area (Å²) in [5, 5.41) is 1.29. The van der Waals surface area contributed by atoms with Gasteiger partial charge in [0.1, 0.15) is 11.6 Å². The van der Waals surface area contributed by atoms with Gasteiger partial charge in [-0.25, -0.2) is 9.37 Å². The molecule has 0 bridgehead atoms. The molecular weight excluding hydrogens is 477 g/mol. The lowest BCUT2D eigenvalue weighted by atomic mass is 9.96. The van der Waals surface area contributed by atoms with E-state index < -0.39 is 0 Å². The van der Waals surface area contributed by atoms with E-state index in [1.807, 2.05) is 13.0 Å². The van der Waals surface area contributed by atoms with Crippen LogP contribution in [0.25, 0.3) is 32.2 Å². The second kappa shape index (κ2) is 8.81. The zero-order valence-corrected chi connectivity index (χ0v) is 20.2. The molecule has 1 saturated heterocycles. The van der Waals surface area contributed by atoms with Crippen molar-refractivity contribution in [2.24, 2.45) is 0 Å². The third kappa shape index (κ3) is 3.65. The molecule has 5 rings (SSSR count). The highest BCUT2D eigenvalue weighted by Crippen LogP contribution is 2.42. The number of ether oxygens (including phenoxy) is 1. The zero-order chi connectivity index (χ0) is 24.0. The van der Waals surface area contributed by atoms with Crippen LogP contribution >= 0.6 is 22.9 Å². The Kier molecular flexibility index (Phi) is 5.83. The monoisotopic (exact) mass is 497 g/mol. The molecule has 7 nitrogen and oxygen atoms in total. The number of aryl methyl sites for hydroxylation is 1. The quantitative estimate of drug-likeness (QED) is 0.375. The van der Waals surface area contributed by atoms with Crippen molar-refractivity contribution in [1.82, 2.24) is 19.9 Å². The number of thiazole rings is 1. The summed E-state index contributed by atoms with van der Waals surface area (Å²) in [4.78, 5) is 29.5. The first-order valence-electron chi connectivity index (χ1n) is 10.7. The van der Waals surface area contributed by atoms with Crippen molar-refractivity contribution in [2.45, 2.75) is 6.92 Å². The van der Waals surface area contributed by atoms with Gasteiger partial charge in [0.2, 0.25) is 5.91 Å². The first kappa shape index (κ1) is 22.5. The fourth-order valence-corrected chi connectivity index (χ4v) is 5.47. The average Bonchev–Trinajstić information content (AvgIpc) is 3.36. The van der Waals surface area contributed by atoms with Gasteiger partial charge in [0.15, 0.2) is 0 Å². The van der Waals surface area contributed by atoms with E-state index >= 15 is 0 Å². The largest absolute Gasteiger partial charge is 0.467 e. The van der Waals surface area contributed by atoms with Crippen molar-refractivity contribution in [2.75, 3.05) is 38.2 Å². The standard InChI is InChI=1S/C24H21ClFN5O2S/c1-4-18(32)30-7-9-31(10-8-30)23-15-11-16(25)19(13(2)20(15)28-24(29-23)33-3)14-5-6-17(26)22-21(14)27-12-34-22/h4-6,11-12H,1,7-10H2,2-3H3. The minimum Gasteiger partial charge on any atom is -0.467 e. The first-order chi connectivity index (χ1) is 16.4. The van der Waals surface area contributed by atoms with Gasteiger partial charge in [-0.05, 0) is 36.8 Å². The number of benzene rings is 2. The third-order valence-corrected chi connectivity index (χ3v) is 7.23. The van der Waals surface area contributed by atoms with Gasteiger partial charge in [-0.2, -0.15) is 9.97 Å². The topological polar surface area (TPSA) is 71.5 Å². The summed E-state index contributed by atoms with van der Waals surface area (Å²) in [6, 6.07) is 5.22. The van der Waals surface area contributed by atoms with Crippen molar-refractivity contribution < 1.29 is 13.9 Å². The molecule has 174 valence electrons. The number of halogens is 2. The highest BCUT2D eigenvalue weighted by Gasteiger charge is 2.25. The summed E-state index contributed by atoms with van der Waals surface area (Å²) in [7, 11) is 1.52. The fourth-order valence-electron chi connectivity index (χ4n) is 4.40. The molecule has 0 unspecified atom stereocenters. The lowest BCUT2D eigenvalue weighted by Crippen LogP contribution is -2.48. The van der Waals surface area contributed by atoms with Crippen LogP contribution in [0.15, 0.2) is 36.4 Å². The molecule has 0 atom stereocenters. The summed E-state index contributed by atoms with van der Waals surface area (Å²) in [6.45, 7) is 7.82. The van der Waals surface area contributed by atoms with Crippen molar-refractivity contribution in [3.05, 3.63) is 52.8 Å². The Morgan fingerprint density at radius 2 is 2.00 bits per heavy atom. The zero-order valence-electron chi connectivity index (χ0n) is 18.6. The Bertz CT molecular complexity index is 1450. The summed E-state index contributed by atoms with van der Waals surface area (Å²) < 4.78 is 20.2. The van der Waals surface area contributed by atoms with E-state index in [1.54, 1.807) is 16.5 Å². The molecule has 0 saturated carbocycles. The van der Waals surface area contributed by atoms with Crippen LogP contribution in [-0.4, -0.2) is 59.0 Å². The Morgan fingerprint density at radius 3 is 2.71 bits per heavy atom. The number of amides is 1. The van der Waals surface area contributed by atoms with Gasteiger partial charge in [-0.15, -0.1) is 11.3 Å². The van der Waals surface area contributed by atoms with Crippen molar-refractivity contribution in [3.8, 4) is 17.1 Å². The summed E-state index contributed by atoms with van der Waals surface area (Å²) >= 11 is 8.08. The molecule has 0 spiro atoms. The molecular formula is C24H21ClFN5O2S. The molecule has 1 aliphatic rings. The number of piperazine rings is 1. The van der Waals surface area contributed by atoms with E-state index in [0.717, 1.165) is 22.1 Å². The number of nitrogens with zero attached hydrogens (tertiary/aromatic N) is 5. The lowest BCUT2D eigenvalue weighted by Gasteiger charge is -2.35. The van der Waals surface area contributed by atoms with E-state index in [9.17, 15) is 9.18 Å². The maximum atomic E-state index is 14.3. The number of carbonyl (C=O) groups excluding carboxylic acids is 1. The van der Waals surface area contributed by atoms with Crippen LogP contribution in [0.4, 0.5) is 10.2 Å². The highest BCUT2D eigenvalue weighted by atomic mass is 35.5. The van der Waals surface area contributed by atoms with Crippen LogP contribution in [0.3, 0.4) is 0 Å². The van der Waals surface area contributed by atoms with Gasteiger partial charge in [-0.3, -0.25) is 4.79 Å². The van der Waals surface area contributed by atoms with E-state index in [-0.39, 0.29) is 17.7 Å². The smallest absolute Gasteiger partial charge is 0.318 e. The third-order valence-electron chi connectivity index (χ3n) is 6.10. The van der Waals surface area contributed by atoms with Crippen molar-refractivity contribution >= 4 is 55.8 Å². The van der Waals surface area contributed by atoms with Crippen LogP contribution < -0.4 is 9.64 Å². The van der Waals surface area contributed by atoms with E-state index in [0.29, 0.717) is 52.8 Å². The predicted octanol–water partition coefficient (Wildman–Crippen LogP) is 4.85. The number of anilines is 1. The minimum atomic E-state index is -0.309. The molecule has 4 aromatic rings. The maximum Gasteiger partial charge on any atom is 0.318 e. The molecule has 1 aliphatic heterocycles. The average molecular weight is 498 g/mol. The molecule has 1 amide bonds. The van der Waals surface area contributed by atoms with Crippen LogP contribution in [0.5, 0.6) is 6.01 Å². The Balaban J connectivity index is 1.66. The normalized spacial score (nSPS) is 14.1. The predicted molar refractivity (Wildman–Crippen MR) is 133 cm³/mol. The molecule has 2 aromatic carbocycles. The number of carbonyl (C=O) groups is 1. The van der Waals surface area contributed by atoms with Crippen LogP contribution in [0.1, 0.15) is 5.56 Å². The molecule has 34 heavy (non-hydrogen) atoms. The van der Waals surface area contributed by atoms with Gasteiger partial charge in [0.05, 0.1) is 28.4 Å². The van der Waals surface area contributed by atoms with Gasteiger partial charge in [0, 0.05) is 47.7 Å². The fraction of sp³-hybridized carbons (Fsp3) is 0.250. The highest BCUT2D eigenvalue weighted by molar-refractivity contribution is 7.16. The maximum absolute atomic E-state index is 14.3. The number of methoxy groups -OCH3 is 1. The molecule has 0 aliphatic carbocycles. The van der Waals surface area contributed by atoms with E-state index in [1.165, 1.54) is 30.6 Å². The molecule has 10 heteroatoms. The van der Waals surface area contributed by atoms with Crippen molar-refractivity contribution in [3.63, 3.8) is 0 Å². The number of hydrogen-bond acceptors (Lipinski definition) is 7. The first-order valence-corrected chi connectivity index (χ1v) is 11.9. The SMILES string of the molecule is C=CC(=O)N1CCN(c2nc(OC)nc3c(C)c(-c4ccc(F)c5scnc45)c(Cl)cc23)CC1. The van der Waals surface area contributed by atoms with E-state index in [2.05, 4.69) is 26.4 Å². The van der Waals surface area contributed by atoms with Gasteiger partial charge < -0.3 is 14.5 Å². The summed E-state index contributed by atoms with van der Waals surface area (Å²) in [6.07, 6.45) is 1.33. The Hall–Kier alpha value is -3.30.